The lowest BCUT2D eigenvalue weighted by Gasteiger charge is -2.26. The largest absolute Gasteiger partial charge is 0.353 e. The van der Waals surface area contributed by atoms with Crippen molar-refractivity contribution in [3.63, 3.8) is 0 Å². The lowest BCUT2D eigenvalue weighted by Crippen LogP contribution is -2.49. The minimum atomic E-state index is -0.0838. The van der Waals surface area contributed by atoms with E-state index in [1.165, 1.54) is 11.3 Å². The number of rotatable bonds is 1. The van der Waals surface area contributed by atoms with Crippen molar-refractivity contribution in [2.75, 3.05) is 19.6 Å². The van der Waals surface area contributed by atoms with Gasteiger partial charge in [-0.1, -0.05) is 0 Å². The molecule has 1 aliphatic heterocycles. The highest BCUT2D eigenvalue weighted by Gasteiger charge is 2.22. The molecule has 0 radical (unpaired) electrons. The van der Waals surface area contributed by atoms with E-state index in [0.717, 1.165) is 2.88 Å². The van der Waals surface area contributed by atoms with Gasteiger partial charge in [-0.2, -0.15) is 0 Å². The van der Waals surface area contributed by atoms with Crippen molar-refractivity contribution in [3.05, 3.63) is 19.9 Å². The van der Waals surface area contributed by atoms with Crippen LogP contribution < -0.4 is 5.32 Å². The first-order valence-electron chi connectivity index (χ1n) is 4.47. The molecule has 6 heteroatoms. The number of halogens is 1. The molecule has 2 amide bonds. The highest BCUT2D eigenvalue weighted by atomic mass is 127. The summed E-state index contributed by atoms with van der Waals surface area (Å²) in [6.45, 7) is 1.31. The SMILES string of the molecule is O=C1CN(C(=O)c2csc(I)c2)CCN1. The fourth-order valence-electron chi connectivity index (χ4n) is 1.42. The molecule has 0 unspecified atom stereocenters. The molecule has 15 heavy (non-hydrogen) atoms. The molecule has 0 spiro atoms. The Kier molecular flexibility index (Phi) is 3.25. The second kappa shape index (κ2) is 4.48. The zero-order valence-corrected chi connectivity index (χ0v) is 10.8. The van der Waals surface area contributed by atoms with Crippen LogP contribution in [0.2, 0.25) is 0 Å². The van der Waals surface area contributed by atoms with E-state index in [1.807, 2.05) is 11.4 Å². The normalized spacial score (nSPS) is 16.3. The Hall–Kier alpha value is -0.630. The molecule has 4 nitrogen and oxygen atoms in total. The van der Waals surface area contributed by atoms with Crippen LogP contribution in [0.25, 0.3) is 0 Å². The van der Waals surface area contributed by atoms with Crippen molar-refractivity contribution in [1.29, 1.82) is 0 Å². The summed E-state index contributed by atoms with van der Waals surface area (Å²) < 4.78 is 1.08. The Morgan fingerprint density at radius 3 is 3.00 bits per heavy atom. The number of carbonyl (C=O) groups is 2. The van der Waals surface area contributed by atoms with Crippen LogP contribution in [0.5, 0.6) is 0 Å². The predicted molar refractivity (Wildman–Crippen MR) is 65.9 cm³/mol. The van der Waals surface area contributed by atoms with Crippen LogP contribution in [0.4, 0.5) is 0 Å². The smallest absolute Gasteiger partial charge is 0.255 e. The number of nitrogens with one attached hydrogen (secondary N) is 1. The van der Waals surface area contributed by atoms with Gasteiger partial charge in [0.15, 0.2) is 0 Å². The number of nitrogens with zero attached hydrogens (tertiary/aromatic N) is 1. The van der Waals surface area contributed by atoms with Gasteiger partial charge in [0.2, 0.25) is 5.91 Å². The molecule has 1 aromatic heterocycles. The van der Waals surface area contributed by atoms with Crippen molar-refractivity contribution in [3.8, 4) is 0 Å². The molecule has 2 heterocycles. The molecule has 1 aliphatic rings. The molecule has 0 aliphatic carbocycles. The maximum absolute atomic E-state index is 11.9. The lowest BCUT2D eigenvalue weighted by atomic mass is 10.2. The van der Waals surface area contributed by atoms with E-state index in [4.69, 9.17) is 0 Å². The van der Waals surface area contributed by atoms with Crippen LogP contribution in [-0.2, 0) is 4.79 Å². The predicted octanol–water partition coefficient (Wildman–Crippen LogP) is 0.925. The second-order valence-electron chi connectivity index (χ2n) is 3.22. The van der Waals surface area contributed by atoms with Crippen LogP contribution in [0, 0.1) is 2.88 Å². The van der Waals surface area contributed by atoms with Crippen molar-refractivity contribution in [1.82, 2.24) is 10.2 Å². The number of hydrogen-bond acceptors (Lipinski definition) is 3. The Balaban J connectivity index is 2.10. The molecular formula is C9H9IN2O2S. The van der Waals surface area contributed by atoms with Gasteiger partial charge < -0.3 is 10.2 Å². The summed E-state index contributed by atoms with van der Waals surface area (Å²) in [6, 6.07) is 1.85. The monoisotopic (exact) mass is 336 g/mol. The molecule has 1 saturated heterocycles. The van der Waals surface area contributed by atoms with Gasteiger partial charge in [0.25, 0.3) is 5.91 Å². The summed E-state index contributed by atoms with van der Waals surface area (Å²) in [7, 11) is 0. The Bertz CT molecular complexity index is 405. The highest BCUT2D eigenvalue weighted by molar-refractivity contribution is 14.1. The molecule has 2 rings (SSSR count). The van der Waals surface area contributed by atoms with E-state index in [0.29, 0.717) is 18.7 Å². The third kappa shape index (κ3) is 2.49. The zero-order valence-electron chi connectivity index (χ0n) is 7.83. The average Bonchev–Trinajstić information content (AvgIpc) is 2.64. The van der Waals surface area contributed by atoms with E-state index in [1.54, 1.807) is 4.90 Å². The Morgan fingerprint density at radius 2 is 2.40 bits per heavy atom. The van der Waals surface area contributed by atoms with Crippen molar-refractivity contribution < 1.29 is 9.59 Å². The van der Waals surface area contributed by atoms with E-state index < -0.39 is 0 Å². The topological polar surface area (TPSA) is 49.4 Å². The molecule has 0 bridgehead atoms. The van der Waals surface area contributed by atoms with Gasteiger partial charge in [-0.3, -0.25) is 9.59 Å². The van der Waals surface area contributed by atoms with Gasteiger partial charge in [-0.15, -0.1) is 11.3 Å². The molecule has 0 saturated carbocycles. The quantitative estimate of drug-likeness (QED) is 0.776. The first-order valence-corrected chi connectivity index (χ1v) is 6.42. The van der Waals surface area contributed by atoms with Crippen LogP contribution in [0.3, 0.4) is 0 Å². The van der Waals surface area contributed by atoms with Gasteiger partial charge in [0.1, 0.15) is 0 Å². The summed E-state index contributed by atoms with van der Waals surface area (Å²) in [5.74, 6) is -0.136. The molecular weight excluding hydrogens is 327 g/mol. The third-order valence-electron chi connectivity index (χ3n) is 2.14. The summed E-state index contributed by atoms with van der Waals surface area (Å²) in [5.41, 5.74) is 0.680. The fraction of sp³-hybridized carbons (Fsp3) is 0.333. The molecule has 0 atom stereocenters. The molecule has 80 valence electrons. The van der Waals surface area contributed by atoms with Crippen LogP contribution in [0.1, 0.15) is 10.4 Å². The van der Waals surface area contributed by atoms with Gasteiger partial charge in [0.05, 0.1) is 15.0 Å². The first kappa shape index (κ1) is 10.9. The standard InChI is InChI=1S/C9H9IN2O2S/c10-7-3-6(5-15-7)9(14)12-2-1-11-8(13)4-12/h3,5H,1-2,4H2,(H,11,13). The van der Waals surface area contributed by atoms with Gasteiger partial charge >= 0.3 is 0 Å². The number of carbonyl (C=O) groups excluding carboxylic acids is 2. The summed E-state index contributed by atoms with van der Waals surface area (Å²) in [6.07, 6.45) is 0. The molecule has 1 N–H and O–H groups in total. The first-order chi connectivity index (χ1) is 7.16. The lowest BCUT2D eigenvalue weighted by molar-refractivity contribution is -0.123. The maximum atomic E-state index is 11.9. The average molecular weight is 336 g/mol. The number of thiophene rings is 1. The summed E-state index contributed by atoms with van der Waals surface area (Å²) >= 11 is 3.71. The molecule has 1 fully saturated rings. The van der Waals surface area contributed by atoms with Crippen LogP contribution in [-0.4, -0.2) is 36.3 Å². The van der Waals surface area contributed by atoms with E-state index in [2.05, 4.69) is 27.9 Å². The summed E-state index contributed by atoms with van der Waals surface area (Å²) in [5, 5.41) is 4.52. The summed E-state index contributed by atoms with van der Waals surface area (Å²) in [4.78, 5) is 24.6. The number of piperazine rings is 1. The van der Waals surface area contributed by atoms with Gasteiger partial charge in [0, 0.05) is 18.5 Å². The Morgan fingerprint density at radius 1 is 1.60 bits per heavy atom. The van der Waals surface area contributed by atoms with Crippen LogP contribution in [0.15, 0.2) is 11.4 Å². The van der Waals surface area contributed by atoms with Gasteiger partial charge in [-0.25, -0.2) is 0 Å². The van der Waals surface area contributed by atoms with Gasteiger partial charge in [-0.05, 0) is 28.7 Å². The molecule has 0 aromatic carbocycles. The zero-order chi connectivity index (χ0) is 10.8. The van der Waals surface area contributed by atoms with Crippen LogP contribution >= 0.6 is 33.9 Å². The van der Waals surface area contributed by atoms with E-state index >= 15 is 0 Å². The van der Waals surface area contributed by atoms with Crippen molar-refractivity contribution >= 4 is 45.7 Å². The third-order valence-corrected chi connectivity index (χ3v) is 3.93. The minimum absolute atomic E-state index is 0.0518. The Labute approximate surface area is 105 Å². The molecule has 1 aromatic rings. The number of hydrogen-bond donors (Lipinski definition) is 1. The minimum Gasteiger partial charge on any atom is -0.353 e. The highest BCUT2D eigenvalue weighted by Crippen LogP contribution is 2.18. The number of amides is 2. The van der Waals surface area contributed by atoms with Crippen molar-refractivity contribution in [2.45, 2.75) is 0 Å². The van der Waals surface area contributed by atoms with E-state index in [-0.39, 0.29) is 18.4 Å². The fourth-order valence-corrected chi connectivity index (χ4v) is 2.74. The second-order valence-corrected chi connectivity index (χ2v) is 6.02. The van der Waals surface area contributed by atoms with Crippen molar-refractivity contribution in [2.24, 2.45) is 0 Å². The maximum Gasteiger partial charge on any atom is 0.255 e. The van der Waals surface area contributed by atoms with E-state index in [9.17, 15) is 9.59 Å².